The predicted molar refractivity (Wildman–Crippen MR) is 57.7 cm³/mol. The molecule has 2 aromatic heterocycles. The molecule has 0 saturated heterocycles. The van der Waals surface area contributed by atoms with Crippen molar-refractivity contribution >= 4 is 21.7 Å². The smallest absolute Gasteiger partial charge is 0.136 e. The van der Waals surface area contributed by atoms with Crippen molar-refractivity contribution in [2.45, 2.75) is 6.54 Å². The van der Waals surface area contributed by atoms with Gasteiger partial charge in [0.05, 0.1) is 22.9 Å². The summed E-state index contributed by atoms with van der Waals surface area (Å²) in [6.07, 6.45) is 3.43. The third-order valence-corrected chi connectivity index (χ3v) is 2.48. The lowest BCUT2D eigenvalue weighted by Crippen LogP contribution is -2.06. The molecule has 2 aromatic rings. The minimum absolute atomic E-state index is 0.596. The third kappa shape index (κ3) is 1.77. The number of nitrogens with zero attached hydrogens (tertiary/aromatic N) is 3. The second-order valence-corrected chi connectivity index (χ2v) is 3.71. The van der Waals surface area contributed by atoms with Crippen LogP contribution >= 0.6 is 15.9 Å². The summed E-state index contributed by atoms with van der Waals surface area (Å²) in [6, 6.07) is 5.76. The molecule has 2 N–H and O–H groups in total. The summed E-state index contributed by atoms with van der Waals surface area (Å²) < 4.78 is 2.51. The first kappa shape index (κ1) is 9.21. The Morgan fingerprint density at radius 3 is 2.86 bits per heavy atom. The lowest BCUT2D eigenvalue weighted by Gasteiger charge is -2.02. The SMILES string of the molecule is Nc1c(Br)cnn1Cc1ccccn1. The van der Waals surface area contributed by atoms with Crippen LogP contribution in [0.1, 0.15) is 5.69 Å². The second-order valence-electron chi connectivity index (χ2n) is 2.86. The quantitative estimate of drug-likeness (QED) is 0.885. The number of aromatic nitrogens is 3. The molecule has 2 heterocycles. The van der Waals surface area contributed by atoms with Crippen LogP contribution in [0.25, 0.3) is 0 Å². The molecular formula is C9H9BrN4. The van der Waals surface area contributed by atoms with Gasteiger partial charge in [-0.1, -0.05) is 6.07 Å². The molecule has 0 aliphatic heterocycles. The Hall–Kier alpha value is -1.36. The minimum atomic E-state index is 0.596. The van der Waals surface area contributed by atoms with Crippen LogP contribution in [0.3, 0.4) is 0 Å². The van der Waals surface area contributed by atoms with Crippen molar-refractivity contribution in [3.63, 3.8) is 0 Å². The number of nitrogen functional groups attached to an aromatic ring is 1. The summed E-state index contributed by atoms with van der Waals surface area (Å²) in [6.45, 7) is 0.596. The number of hydrogen-bond donors (Lipinski definition) is 1. The molecule has 14 heavy (non-hydrogen) atoms. The highest BCUT2D eigenvalue weighted by Crippen LogP contribution is 2.18. The Labute approximate surface area is 89.9 Å². The number of rotatable bonds is 2. The van der Waals surface area contributed by atoms with Gasteiger partial charge in [0.15, 0.2) is 0 Å². The van der Waals surface area contributed by atoms with Crippen LogP contribution in [0.15, 0.2) is 35.1 Å². The number of halogens is 1. The molecule has 0 radical (unpaired) electrons. The average molecular weight is 253 g/mol. The van der Waals surface area contributed by atoms with E-state index in [4.69, 9.17) is 5.73 Å². The largest absolute Gasteiger partial charge is 0.383 e. The summed E-state index contributed by atoms with van der Waals surface area (Å²) in [5.41, 5.74) is 6.72. The molecule has 0 aliphatic carbocycles. The fourth-order valence-electron chi connectivity index (χ4n) is 1.14. The first-order valence-electron chi connectivity index (χ1n) is 4.14. The topological polar surface area (TPSA) is 56.7 Å². The third-order valence-electron chi connectivity index (χ3n) is 1.87. The molecule has 0 aliphatic rings. The lowest BCUT2D eigenvalue weighted by molar-refractivity contribution is 0.682. The molecule has 0 bridgehead atoms. The Morgan fingerprint density at radius 2 is 2.29 bits per heavy atom. The number of anilines is 1. The first-order chi connectivity index (χ1) is 6.77. The Bertz CT molecular complexity index is 424. The molecule has 2 rings (SSSR count). The number of nitrogens with two attached hydrogens (primary N) is 1. The van der Waals surface area contributed by atoms with E-state index in [2.05, 4.69) is 26.0 Å². The normalized spacial score (nSPS) is 10.4. The summed E-state index contributed by atoms with van der Waals surface area (Å²) in [5, 5.41) is 4.12. The summed E-state index contributed by atoms with van der Waals surface area (Å²) in [4.78, 5) is 4.19. The zero-order valence-corrected chi connectivity index (χ0v) is 8.98. The van der Waals surface area contributed by atoms with Gasteiger partial charge in [-0.25, -0.2) is 4.68 Å². The van der Waals surface area contributed by atoms with Gasteiger partial charge in [0.25, 0.3) is 0 Å². The van der Waals surface area contributed by atoms with Gasteiger partial charge in [0.1, 0.15) is 5.82 Å². The van der Waals surface area contributed by atoms with Crippen LogP contribution in [0.4, 0.5) is 5.82 Å². The van der Waals surface area contributed by atoms with Gasteiger partial charge >= 0.3 is 0 Å². The standard InChI is InChI=1S/C9H9BrN4/c10-8-5-13-14(9(8)11)6-7-3-1-2-4-12-7/h1-5H,6,11H2. The van der Waals surface area contributed by atoms with Crippen LogP contribution in [-0.2, 0) is 6.54 Å². The van der Waals surface area contributed by atoms with Crippen molar-refractivity contribution in [3.8, 4) is 0 Å². The van der Waals surface area contributed by atoms with Crippen molar-refractivity contribution < 1.29 is 0 Å². The van der Waals surface area contributed by atoms with E-state index in [1.165, 1.54) is 0 Å². The highest BCUT2D eigenvalue weighted by Gasteiger charge is 2.04. The zero-order valence-electron chi connectivity index (χ0n) is 7.39. The maximum atomic E-state index is 5.78. The summed E-state index contributed by atoms with van der Waals surface area (Å²) in [5.74, 6) is 0.621. The monoisotopic (exact) mass is 252 g/mol. The van der Waals surface area contributed by atoms with Crippen LogP contribution in [0.5, 0.6) is 0 Å². The molecular weight excluding hydrogens is 244 g/mol. The fraction of sp³-hybridized carbons (Fsp3) is 0.111. The van der Waals surface area contributed by atoms with Crippen LogP contribution in [0.2, 0.25) is 0 Å². The summed E-state index contributed by atoms with van der Waals surface area (Å²) >= 11 is 3.30. The fourth-order valence-corrected chi connectivity index (χ4v) is 1.44. The molecule has 0 atom stereocenters. The van der Waals surface area contributed by atoms with E-state index >= 15 is 0 Å². The molecule has 0 spiro atoms. The molecule has 0 unspecified atom stereocenters. The Balaban J connectivity index is 2.23. The van der Waals surface area contributed by atoms with Crippen molar-refractivity contribution in [1.29, 1.82) is 0 Å². The van der Waals surface area contributed by atoms with Crippen LogP contribution in [0, 0.1) is 0 Å². The van der Waals surface area contributed by atoms with E-state index in [1.807, 2.05) is 18.2 Å². The van der Waals surface area contributed by atoms with Crippen LogP contribution in [-0.4, -0.2) is 14.8 Å². The number of hydrogen-bond acceptors (Lipinski definition) is 3. The van der Waals surface area contributed by atoms with Crippen molar-refractivity contribution in [2.75, 3.05) is 5.73 Å². The van der Waals surface area contributed by atoms with Gasteiger partial charge in [-0.3, -0.25) is 4.98 Å². The molecule has 5 heteroatoms. The predicted octanol–water partition coefficient (Wildman–Crippen LogP) is 1.67. The van der Waals surface area contributed by atoms with E-state index in [0.29, 0.717) is 12.4 Å². The van der Waals surface area contributed by atoms with E-state index < -0.39 is 0 Å². The van der Waals surface area contributed by atoms with Gasteiger partial charge < -0.3 is 5.73 Å². The Kier molecular flexibility index (Phi) is 2.49. The van der Waals surface area contributed by atoms with E-state index in [9.17, 15) is 0 Å². The highest BCUT2D eigenvalue weighted by molar-refractivity contribution is 9.10. The van der Waals surface area contributed by atoms with Gasteiger partial charge in [0, 0.05) is 6.20 Å². The van der Waals surface area contributed by atoms with E-state index in [-0.39, 0.29) is 0 Å². The first-order valence-corrected chi connectivity index (χ1v) is 4.93. The highest BCUT2D eigenvalue weighted by atomic mass is 79.9. The van der Waals surface area contributed by atoms with Crippen LogP contribution < -0.4 is 5.73 Å². The maximum Gasteiger partial charge on any atom is 0.136 e. The zero-order chi connectivity index (χ0) is 9.97. The van der Waals surface area contributed by atoms with Gasteiger partial charge in [0.2, 0.25) is 0 Å². The van der Waals surface area contributed by atoms with Crippen molar-refractivity contribution in [2.24, 2.45) is 0 Å². The molecule has 0 fully saturated rings. The second kappa shape index (κ2) is 3.79. The molecule has 0 saturated carbocycles. The minimum Gasteiger partial charge on any atom is -0.383 e. The van der Waals surface area contributed by atoms with Gasteiger partial charge in [-0.05, 0) is 28.1 Å². The molecule has 4 nitrogen and oxygen atoms in total. The van der Waals surface area contributed by atoms with Crippen molar-refractivity contribution in [3.05, 3.63) is 40.8 Å². The summed E-state index contributed by atoms with van der Waals surface area (Å²) in [7, 11) is 0. The van der Waals surface area contributed by atoms with Gasteiger partial charge in [-0.2, -0.15) is 5.10 Å². The molecule has 0 amide bonds. The molecule has 0 aromatic carbocycles. The van der Waals surface area contributed by atoms with E-state index in [1.54, 1.807) is 17.1 Å². The maximum absolute atomic E-state index is 5.78. The Morgan fingerprint density at radius 1 is 1.43 bits per heavy atom. The molecule has 72 valence electrons. The average Bonchev–Trinajstić information content (AvgIpc) is 2.52. The lowest BCUT2D eigenvalue weighted by atomic mass is 10.3. The number of pyridine rings is 1. The van der Waals surface area contributed by atoms with E-state index in [0.717, 1.165) is 10.2 Å². The van der Waals surface area contributed by atoms with Crippen molar-refractivity contribution in [1.82, 2.24) is 14.8 Å². The van der Waals surface area contributed by atoms with Gasteiger partial charge in [-0.15, -0.1) is 0 Å².